The second-order valence-electron chi connectivity index (χ2n) is 4.98. The molecule has 0 fully saturated rings. The monoisotopic (exact) mass is 433 g/mol. The van der Waals surface area contributed by atoms with Gasteiger partial charge in [-0.05, 0) is 6.42 Å². The summed E-state index contributed by atoms with van der Waals surface area (Å²) in [6.07, 6.45) is 13.0. The Hall–Kier alpha value is -0.617. The number of benzene rings is 2. The van der Waals surface area contributed by atoms with Crippen molar-refractivity contribution in [3.05, 3.63) is 90.4 Å². The molecule has 0 unspecified atom stereocenters. The normalized spacial score (nSPS) is 11.1. The number of rotatable bonds is 0. The maximum atomic E-state index is 3.30. The molecule has 0 aliphatic heterocycles. The standard InChI is InChI=1S/C13H9.C5H5.C3H7.2ClH.Zr/c1-3-7-12-10(5-1)9-11-6-2-4-8-13(11)12;1-2-4-5-3-1;1-3-2;;;/h1-5,7-8H,9H2;1-3H,4H2;3H,1-2H3;2*1H;/q3*-1;;;+2/p-2. The van der Waals surface area contributed by atoms with E-state index >= 15 is 0 Å². The van der Waals surface area contributed by atoms with Crippen molar-refractivity contribution >= 4 is 0 Å². The minimum atomic E-state index is 0. The zero-order valence-corrected chi connectivity index (χ0v) is 18.0. The molecular formula is C21H21Cl2Zr-3. The minimum Gasteiger partial charge on any atom is -1.00 e. The van der Waals surface area contributed by atoms with Crippen molar-refractivity contribution < 1.29 is 51.0 Å². The van der Waals surface area contributed by atoms with E-state index in [-0.39, 0.29) is 51.0 Å². The topological polar surface area (TPSA) is 0 Å². The molecule has 0 saturated carbocycles. The van der Waals surface area contributed by atoms with Crippen LogP contribution in [0.25, 0.3) is 11.1 Å². The largest absolute Gasteiger partial charge is 2.00 e. The smallest absolute Gasteiger partial charge is 1.00 e. The number of fused-ring (bicyclic) bond motifs is 3. The van der Waals surface area contributed by atoms with Gasteiger partial charge in [0.15, 0.2) is 0 Å². The van der Waals surface area contributed by atoms with Crippen LogP contribution in [-0.4, -0.2) is 0 Å². The van der Waals surface area contributed by atoms with Crippen molar-refractivity contribution in [2.24, 2.45) is 0 Å². The van der Waals surface area contributed by atoms with Crippen molar-refractivity contribution in [1.29, 1.82) is 0 Å². The summed E-state index contributed by atoms with van der Waals surface area (Å²) in [5.41, 5.74) is 5.51. The van der Waals surface area contributed by atoms with Gasteiger partial charge in [0, 0.05) is 0 Å². The van der Waals surface area contributed by atoms with E-state index < -0.39 is 0 Å². The molecule has 0 aromatic heterocycles. The first-order valence-corrected chi connectivity index (χ1v) is 7.40. The third kappa shape index (κ3) is 7.51. The van der Waals surface area contributed by atoms with Crippen molar-refractivity contribution in [3.63, 3.8) is 0 Å². The van der Waals surface area contributed by atoms with Crippen LogP contribution in [-0.2, 0) is 32.6 Å². The van der Waals surface area contributed by atoms with Crippen molar-refractivity contribution in [2.45, 2.75) is 26.7 Å². The predicted octanol–water partition coefficient (Wildman–Crippen LogP) is -0.400. The van der Waals surface area contributed by atoms with E-state index in [2.05, 4.69) is 54.6 Å². The molecule has 0 saturated heterocycles. The average Bonchev–Trinajstić information content (AvgIpc) is 3.19. The summed E-state index contributed by atoms with van der Waals surface area (Å²) in [6, 6.07) is 18.1. The van der Waals surface area contributed by atoms with E-state index in [0.717, 1.165) is 12.8 Å². The van der Waals surface area contributed by atoms with E-state index in [1.807, 2.05) is 38.5 Å². The molecule has 0 atom stereocenters. The van der Waals surface area contributed by atoms with Crippen molar-refractivity contribution in [1.82, 2.24) is 0 Å². The van der Waals surface area contributed by atoms with Crippen LogP contribution in [0, 0.1) is 18.6 Å². The zero-order chi connectivity index (χ0) is 14.9. The second-order valence-corrected chi connectivity index (χ2v) is 4.98. The molecule has 126 valence electrons. The van der Waals surface area contributed by atoms with Gasteiger partial charge in [0.1, 0.15) is 0 Å². The van der Waals surface area contributed by atoms with E-state index in [1.54, 1.807) is 0 Å². The number of allylic oxidation sites excluding steroid dienone is 4. The first-order valence-electron chi connectivity index (χ1n) is 7.40. The first-order chi connectivity index (χ1) is 10.4. The van der Waals surface area contributed by atoms with Crippen molar-refractivity contribution in [3.8, 4) is 11.1 Å². The van der Waals surface area contributed by atoms with Crippen LogP contribution >= 0.6 is 0 Å². The molecule has 24 heavy (non-hydrogen) atoms. The molecule has 2 aromatic rings. The number of hydrogen-bond donors (Lipinski definition) is 0. The molecule has 0 amide bonds. The molecule has 2 aromatic carbocycles. The van der Waals surface area contributed by atoms with Crippen LogP contribution in [0.1, 0.15) is 31.4 Å². The SMILES string of the molecule is C[CH-]C.[C-]1=CC=CC1.[Cl-].[Cl-].[Zr+2].[c-]1cccc2c1Cc1ccccc1-2. The van der Waals surface area contributed by atoms with E-state index in [9.17, 15) is 0 Å². The van der Waals surface area contributed by atoms with Gasteiger partial charge >= 0.3 is 26.2 Å². The fraction of sp³-hybridized carbons (Fsp3) is 0.190. The summed E-state index contributed by atoms with van der Waals surface area (Å²) >= 11 is 0. The Morgan fingerprint density at radius 2 is 1.62 bits per heavy atom. The van der Waals surface area contributed by atoms with Gasteiger partial charge in [-0.25, -0.2) is 12.2 Å². The Morgan fingerprint density at radius 1 is 0.958 bits per heavy atom. The van der Waals surface area contributed by atoms with Gasteiger partial charge in [0.25, 0.3) is 0 Å². The fourth-order valence-corrected chi connectivity index (χ4v) is 2.34. The van der Waals surface area contributed by atoms with Gasteiger partial charge in [-0.3, -0.25) is 6.08 Å². The van der Waals surface area contributed by atoms with Crippen LogP contribution in [0.4, 0.5) is 0 Å². The quantitative estimate of drug-likeness (QED) is 0.422. The average molecular weight is 436 g/mol. The molecule has 0 heterocycles. The Kier molecular flexibility index (Phi) is 15.7. The van der Waals surface area contributed by atoms with Gasteiger partial charge in [-0.2, -0.15) is 49.8 Å². The Labute approximate surface area is 178 Å². The molecule has 3 heteroatoms. The van der Waals surface area contributed by atoms with Crippen LogP contribution in [0.5, 0.6) is 0 Å². The summed E-state index contributed by atoms with van der Waals surface area (Å²) in [4.78, 5) is 0. The molecule has 2 aliphatic rings. The molecule has 0 bridgehead atoms. The fourth-order valence-electron chi connectivity index (χ4n) is 2.34. The second kappa shape index (κ2) is 14.7. The van der Waals surface area contributed by atoms with Crippen molar-refractivity contribution in [2.75, 3.05) is 0 Å². The summed E-state index contributed by atoms with van der Waals surface area (Å²) in [5.74, 6) is 0. The minimum absolute atomic E-state index is 0. The maximum Gasteiger partial charge on any atom is 2.00 e. The van der Waals surface area contributed by atoms with Gasteiger partial charge in [-0.15, -0.1) is 12.0 Å². The summed E-state index contributed by atoms with van der Waals surface area (Å²) < 4.78 is 0. The van der Waals surface area contributed by atoms with Crippen LogP contribution in [0.3, 0.4) is 0 Å². The predicted molar refractivity (Wildman–Crippen MR) is 90.7 cm³/mol. The third-order valence-corrected chi connectivity index (χ3v) is 3.20. The molecule has 2 aliphatic carbocycles. The number of hydrogen-bond acceptors (Lipinski definition) is 0. The summed E-state index contributed by atoms with van der Waals surface area (Å²) in [7, 11) is 0. The van der Waals surface area contributed by atoms with Crippen LogP contribution in [0.2, 0.25) is 0 Å². The Balaban J connectivity index is 0. The Morgan fingerprint density at radius 3 is 2.21 bits per heavy atom. The van der Waals surface area contributed by atoms with Gasteiger partial charge < -0.3 is 31.2 Å². The van der Waals surface area contributed by atoms with Crippen LogP contribution in [0.15, 0.2) is 60.7 Å². The van der Waals surface area contributed by atoms with Gasteiger partial charge in [-0.1, -0.05) is 35.4 Å². The van der Waals surface area contributed by atoms with Crippen LogP contribution < -0.4 is 24.8 Å². The zero-order valence-electron chi connectivity index (χ0n) is 14.0. The third-order valence-electron chi connectivity index (χ3n) is 3.20. The van der Waals surface area contributed by atoms with E-state index in [0.29, 0.717) is 0 Å². The first kappa shape index (κ1) is 25.6. The maximum absolute atomic E-state index is 3.30. The molecular weight excluding hydrogens is 414 g/mol. The molecule has 0 radical (unpaired) electrons. The molecule has 0 N–H and O–H groups in total. The summed E-state index contributed by atoms with van der Waals surface area (Å²) in [6.45, 7) is 4.00. The molecule has 0 nitrogen and oxygen atoms in total. The van der Waals surface area contributed by atoms with E-state index in [1.165, 1.54) is 22.3 Å². The Bertz CT molecular complexity index is 580. The molecule has 0 spiro atoms. The van der Waals surface area contributed by atoms with Gasteiger partial charge in [0.05, 0.1) is 0 Å². The molecule has 4 rings (SSSR count). The van der Waals surface area contributed by atoms with Gasteiger partial charge in [0.2, 0.25) is 0 Å². The number of halogens is 2. The van der Waals surface area contributed by atoms with E-state index in [4.69, 9.17) is 0 Å². The summed E-state index contributed by atoms with van der Waals surface area (Å²) in [5, 5.41) is 0.